The number of ether oxygens (including phenoxy) is 1. The van der Waals surface area contributed by atoms with Crippen LogP contribution in [-0.2, 0) is 11.3 Å². The number of thiazole rings is 1. The Morgan fingerprint density at radius 1 is 1.44 bits per heavy atom. The Labute approximate surface area is 112 Å². The Kier molecular flexibility index (Phi) is 6.07. The molecule has 0 aromatic carbocycles. The molecule has 102 valence electrons. The maximum atomic E-state index is 9.81. The molecule has 1 heterocycles. The molecule has 5 heteroatoms. The highest BCUT2D eigenvalue weighted by atomic mass is 32.1. The molecule has 1 unspecified atom stereocenters. The lowest BCUT2D eigenvalue weighted by Crippen LogP contribution is -2.32. The normalized spacial score (nSPS) is 18.9. The monoisotopic (exact) mass is 270 g/mol. The summed E-state index contributed by atoms with van der Waals surface area (Å²) in [6.45, 7) is 1.79. The lowest BCUT2D eigenvalue weighted by Gasteiger charge is -2.23. The number of nitrogens with one attached hydrogen (secondary N) is 1. The van der Waals surface area contributed by atoms with Crippen LogP contribution in [0.3, 0.4) is 0 Å². The fourth-order valence-corrected chi connectivity index (χ4v) is 2.79. The van der Waals surface area contributed by atoms with Crippen LogP contribution >= 0.6 is 11.3 Å². The fourth-order valence-electron chi connectivity index (χ4n) is 2.23. The molecule has 0 saturated heterocycles. The van der Waals surface area contributed by atoms with Crippen molar-refractivity contribution in [2.24, 2.45) is 0 Å². The van der Waals surface area contributed by atoms with Crippen LogP contribution in [0.25, 0.3) is 0 Å². The Balaban J connectivity index is 1.53. The molecule has 0 bridgehead atoms. The minimum Gasteiger partial charge on any atom is -0.389 e. The predicted molar refractivity (Wildman–Crippen MR) is 72.7 cm³/mol. The standard InChI is InChI=1S/C13H22N2O2S/c16-11(6-14-7-13-8-15-10-18-13)9-17-12-4-2-1-3-5-12/h8,10-12,14,16H,1-7,9H2. The summed E-state index contributed by atoms with van der Waals surface area (Å²) in [5.74, 6) is 0. The summed E-state index contributed by atoms with van der Waals surface area (Å²) in [6, 6.07) is 0. The van der Waals surface area contributed by atoms with Crippen molar-refractivity contribution in [2.75, 3.05) is 13.2 Å². The Morgan fingerprint density at radius 3 is 3.00 bits per heavy atom. The first-order valence-corrected chi connectivity index (χ1v) is 7.60. The van der Waals surface area contributed by atoms with E-state index in [4.69, 9.17) is 4.74 Å². The molecule has 1 aromatic heterocycles. The van der Waals surface area contributed by atoms with Crippen LogP contribution in [0.4, 0.5) is 0 Å². The fraction of sp³-hybridized carbons (Fsp3) is 0.769. The van der Waals surface area contributed by atoms with Crippen molar-refractivity contribution in [1.82, 2.24) is 10.3 Å². The Bertz CT molecular complexity index is 313. The maximum absolute atomic E-state index is 9.81. The third kappa shape index (κ3) is 5.02. The van der Waals surface area contributed by atoms with Crippen LogP contribution in [0.5, 0.6) is 0 Å². The van der Waals surface area contributed by atoms with Gasteiger partial charge in [0, 0.05) is 24.2 Å². The van der Waals surface area contributed by atoms with Crippen molar-refractivity contribution in [2.45, 2.75) is 50.9 Å². The Hall–Kier alpha value is -0.490. The van der Waals surface area contributed by atoms with Gasteiger partial charge in [-0.3, -0.25) is 4.98 Å². The van der Waals surface area contributed by atoms with Gasteiger partial charge in [-0.15, -0.1) is 11.3 Å². The molecule has 1 fully saturated rings. The smallest absolute Gasteiger partial charge is 0.0897 e. The van der Waals surface area contributed by atoms with Gasteiger partial charge in [0.05, 0.1) is 24.3 Å². The first-order valence-electron chi connectivity index (χ1n) is 6.72. The van der Waals surface area contributed by atoms with Crippen molar-refractivity contribution in [3.63, 3.8) is 0 Å². The molecule has 2 N–H and O–H groups in total. The molecule has 18 heavy (non-hydrogen) atoms. The summed E-state index contributed by atoms with van der Waals surface area (Å²) in [6.07, 6.45) is 7.98. The van der Waals surface area contributed by atoms with E-state index in [2.05, 4.69) is 10.3 Å². The van der Waals surface area contributed by atoms with Gasteiger partial charge in [0.1, 0.15) is 0 Å². The molecule has 0 amide bonds. The summed E-state index contributed by atoms with van der Waals surface area (Å²) in [5, 5.41) is 13.0. The van der Waals surface area contributed by atoms with Crippen molar-refractivity contribution < 1.29 is 9.84 Å². The van der Waals surface area contributed by atoms with Gasteiger partial charge in [-0.05, 0) is 12.8 Å². The van der Waals surface area contributed by atoms with Gasteiger partial charge in [0.15, 0.2) is 0 Å². The van der Waals surface area contributed by atoms with Gasteiger partial charge in [0.2, 0.25) is 0 Å². The summed E-state index contributed by atoms with van der Waals surface area (Å²) in [7, 11) is 0. The van der Waals surface area contributed by atoms with E-state index < -0.39 is 6.10 Å². The molecule has 0 aliphatic heterocycles. The minimum atomic E-state index is -0.417. The highest BCUT2D eigenvalue weighted by molar-refractivity contribution is 7.09. The molecule has 2 rings (SSSR count). The van der Waals surface area contributed by atoms with Crippen LogP contribution in [0, 0.1) is 0 Å². The van der Waals surface area contributed by atoms with Crippen molar-refractivity contribution in [3.8, 4) is 0 Å². The number of hydrogen-bond donors (Lipinski definition) is 2. The number of aliphatic hydroxyl groups excluding tert-OH is 1. The first kappa shape index (κ1) is 13.9. The van der Waals surface area contributed by atoms with Gasteiger partial charge in [-0.25, -0.2) is 0 Å². The molecular formula is C13H22N2O2S. The zero-order valence-corrected chi connectivity index (χ0v) is 11.5. The van der Waals surface area contributed by atoms with E-state index in [1.165, 1.54) is 24.1 Å². The summed E-state index contributed by atoms with van der Waals surface area (Å²) in [4.78, 5) is 5.20. The van der Waals surface area contributed by atoms with Crippen LogP contribution in [0.2, 0.25) is 0 Å². The highest BCUT2D eigenvalue weighted by Crippen LogP contribution is 2.20. The van der Waals surface area contributed by atoms with Crippen molar-refractivity contribution in [1.29, 1.82) is 0 Å². The average molecular weight is 270 g/mol. The van der Waals surface area contributed by atoms with E-state index in [0.717, 1.165) is 19.4 Å². The summed E-state index contributed by atoms with van der Waals surface area (Å²) >= 11 is 1.62. The molecule has 1 atom stereocenters. The largest absolute Gasteiger partial charge is 0.389 e. The predicted octanol–water partition coefficient (Wildman–Crippen LogP) is 1.94. The minimum absolute atomic E-state index is 0.370. The summed E-state index contributed by atoms with van der Waals surface area (Å²) < 4.78 is 5.73. The quantitative estimate of drug-likeness (QED) is 0.795. The molecule has 1 saturated carbocycles. The van der Waals surface area contributed by atoms with Crippen LogP contribution < -0.4 is 5.32 Å². The lowest BCUT2D eigenvalue weighted by atomic mass is 9.98. The van der Waals surface area contributed by atoms with Crippen LogP contribution in [0.15, 0.2) is 11.7 Å². The zero-order valence-electron chi connectivity index (χ0n) is 10.7. The number of aromatic nitrogens is 1. The zero-order chi connectivity index (χ0) is 12.6. The molecule has 1 aliphatic rings. The van der Waals surface area contributed by atoms with Gasteiger partial charge in [0.25, 0.3) is 0 Å². The number of hydrogen-bond acceptors (Lipinski definition) is 5. The highest BCUT2D eigenvalue weighted by Gasteiger charge is 2.15. The van der Waals surface area contributed by atoms with E-state index in [9.17, 15) is 5.11 Å². The van der Waals surface area contributed by atoms with Crippen molar-refractivity contribution in [3.05, 3.63) is 16.6 Å². The van der Waals surface area contributed by atoms with E-state index in [1.54, 1.807) is 11.3 Å². The maximum Gasteiger partial charge on any atom is 0.0897 e. The Morgan fingerprint density at radius 2 is 2.28 bits per heavy atom. The molecule has 1 aromatic rings. The van der Waals surface area contributed by atoms with Gasteiger partial charge in [-0.1, -0.05) is 19.3 Å². The van der Waals surface area contributed by atoms with Crippen molar-refractivity contribution >= 4 is 11.3 Å². The molecule has 0 spiro atoms. The van der Waals surface area contributed by atoms with E-state index in [0.29, 0.717) is 19.3 Å². The van der Waals surface area contributed by atoms with Gasteiger partial charge < -0.3 is 15.2 Å². The second kappa shape index (κ2) is 7.84. The topological polar surface area (TPSA) is 54.4 Å². The van der Waals surface area contributed by atoms with Gasteiger partial charge in [-0.2, -0.15) is 0 Å². The molecule has 0 radical (unpaired) electrons. The second-order valence-corrected chi connectivity index (χ2v) is 5.82. The van der Waals surface area contributed by atoms with E-state index in [-0.39, 0.29) is 0 Å². The van der Waals surface area contributed by atoms with E-state index in [1.807, 2.05) is 11.7 Å². The lowest BCUT2D eigenvalue weighted by molar-refractivity contribution is -0.0230. The van der Waals surface area contributed by atoms with Crippen LogP contribution in [0.1, 0.15) is 37.0 Å². The third-order valence-electron chi connectivity index (χ3n) is 3.24. The average Bonchev–Trinajstić information content (AvgIpc) is 2.91. The number of aliphatic hydroxyl groups is 1. The first-order chi connectivity index (χ1) is 8.84. The molecule has 4 nitrogen and oxygen atoms in total. The van der Waals surface area contributed by atoms with Crippen LogP contribution in [-0.4, -0.2) is 35.5 Å². The molecule has 1 aliphatic carbocycles. The number of nitrogens with zero attached hydrogens (tertiary/aromatic N) is 1. The van der Waals surface area contributed by atoms with E-state index >= 15 is 0 Å². The summed E-state index contributed by atoms with van der Waals surface area (Å²) in [5.41, 5.74) is 1.82. The SMILES string of the molecule is OC(CNCc1cncs1)COC1CCCCC1. The second-order valence-electron chi connectivity index (χ2n) is 4.85. The van der Waals surface area contributed by atoms with Gasteiger partial charge >= 0.3 is 0 Å². The number of rotatable bonds is 7. The molecular weight excluding hydrogens is 248 g/mol. The third-order valence-corrected chi connectivity index (χ3v) is 4.02.